The van der Waals surface area contributed by atoms with Gasteiger partial charge in [0.05, 0.1) is 1.37 Å². The summed E-state index contributed by atoms with van der Waals surface area (Å²) in [6.45, 7) is 10.1. The Kier molecular flexibility index (Phi) is 2.65. The van der Waals surface area contributed by atoms with E-state index in [1.54, 1.807) is 4.52 Å². The Hall–Kier alpha value is -1.32. The molecule has 0 N–H and O–H groups in total. The average molecular weight is 228 g/mol. The van der Waals surface area contributed by atoms with E-state index in [4.69, 9.17) is 9.22 Å². The van der Waals surface area contributed by atoms with E-state index < -0.39 is 0 Å². The molecule has 2 heterocycles. The third kappa shape index (κ3) is 1.96. The van der Waals surface area contributed by atoms with Crippen LogP contribution in [-0.4, -0.2) is 22.4 Å². The molecule has 2 aromatic rings. The molecule has 0 saturated heterocycles. The van der Waals surface area contributed by atoms with Gasteiger partial charge in [0.15, 0.2) is 5.82 Å². The van der Waals surface area contributed by atoms with E-state index in [0.717, 1.165) is 17.0 Å². The fraction of sp³-hybridized carbons (Fsp3) is 0.538. The maximum absolute atomic E-state index is 8.18. The first-order chi connectivity index (χ1) is 8.34. The van der Waals surface area contributed by atoms with Crippen molar-refractivity contribution in [2.45, 2.75) is 46.5 Å². The van der Waals surface area contributed by atoms with E-state index in [-0.39, 0.29) is 11.8 Å². The third-order valence-electron chi connectivity index (χ3n) is 2.93. The van der Waals surface area contributed by atoms with Crippen LogP contribution in [-0.2, 0) is 0 Å². The van der Waals surface area contributed by atoms with Crippen LogP contribution in [0.4, 0.5) is 0 Å². The Balaban J connectivity index is 2.85. The number of hydrogen-bond donors (Lipinski definition) is 0. The van der Waals surface area contributed by atoms with Crippen molar-refractivity contribution < 1.29 is 1.37 Å². The number of aromatic nitrogens is 3. The summed E-state index contributed by atoms with van der Waals surface area (Å²) in [4.78, 5) is 4.46. The van der Waals surface area contributed by atoms with E-state index in [2.05, 4.69) is 23.9 Å². The van der Waals surface area contributed by atoms with Gasteiger partial charge in [-0.15, -0.1) is 0 Å². The fourth-order valence-corrected chi connectivity index (χ4v) is 2.11. The lowest BCUT2D eigenvalue weighted by molar-refractivity contribution is 0.763. The van der Waals surface area contributed by atoms with Crippen molar-refractivity contribution in [1.82, 2.24) is 14.6 Å². The lowest BCUT2D eigenvalue weighted by Gasteiger charge is -2.14. The van der Waals surface area contributed by atoms with Gasteiger partial charge in [-0.05, 0) is 29.4 Å². The minimum Gasteiger partial charge on any atom is -0.221 e. The molecule has 0 unspecified atom stereocenters. The summed E-state index contributed by atoms with van der Waals surface area (Å²) in [5.74, 6) is 1.24. The van der Waals surface area contributed by atoms with Gasteiger partial charge in [-0.25, -0.2) is 9.50 Å². The highest BCUT2D eigenvalue weighted by atomic mass is 15.3. The van der Waals surface area contributed by atoms with Crippen LogP contribution in [0.5, 0.6) is 0 Å². The van der Waals surface area contributed by atoms with E-state index >= 15 is 0 Å². The van der Waals surface area contributed by atoms with Crippen LogP contribution < -0.4 is 5.46 Å². The summed E-state index contributed by atoms with van der Waals surface area (Å²) in [6, 6.07) is 0. The predicted octanol–water partition coefficient (Wildman–Crippen LogP) is 2.08. The normalized spacial score (nSPS) is 12.8. The highest BCUT2D eigenvalue weighted by Gasteiger charge is 2.14. The molecule has 2 aromatic heterocycles. The topological polar surface area (TPSA) is 30.2 Å². The van der Waals surface area contributed by atoms with Gasteiger partial charge in [-0.3, -0.25) is 0 Å². The molecule has 0 saturated carbocycles. The van der Waals surface area contributed by atoms with Crippen molar-refractivity contribution in [3.05, 3.63) is 23.1 Å². The average Bonchev–Trinajstić information content (AvgIpc) is 2.71. The maximum atomic E-state index is 8.18. The molecule has 0 spiro atoms. The zero-order chi connectivity index (χ0) is 13.6. The van der Waals surface area contributed by atoms with Crippen molar-refractivity contribution >= 4 is 19.0 Å². The Morgan fingerprint density at radius 2 is 1.94 bits per heavy atom. The number of fused-ring (bicyclic) bond motifs is 1. The largest absolute Gasteiger partial charge is 0.221 e. The SMILES string of the molecule is [2H]c1c(C)c(C(C)C)c([B])c2nc(C(C)C)nn12. The maximum Gasteiger partial charge on any atom is 0.154 e. The van der Waals surface area contributed by atoms with E-state index in [1.807, 2.05) is 20.8 Å². The van der Waals surface area contributed by atoms with Crippen LogP contribution >= 0.6 is 0 Å². The lowest BCUT2D eigenvalue weighted by Crippen LogP contribution is -2.18. The molecule has 0 aromatic carbocycles. The van der Waals surface area contributed by atoms with Gasteiger partial charge < -0.3 is 0 Å². The minimum atomic E-state index is 0.228. The molecule has 2 rings (SSSR count). The van der Waals surface area contributed by atoms with Crippen molar-refractivity contribution in [2.24, 2.45) is 0 Å². The third-order valence-corrected chi connectivity index (χ3v) is 2.93. The van der Waals surface area contributed by atoms with Crippen molar-refractivity contribution in [1.29, 1.82) is 0 Å². The quantitative estimate of drug-likeness (QED) is 0.736. The van der Waals surface area contributed by atoms with Crippen molar-refractivity contribution in [3.63, 3.8) is 0 Å². The highest BCUT2D eigenvalue weighted by molar-refractivity contribution is 6.37. The number of hydrogen-bond acceptors (Lipinski definition) is 2. The van der Waals surface area contributed by atoms with Gasteiger partial charge in [0.25, 0.3) is 0 Å². The first kappa shape index (κ1) is 10.8. The molecule has 0 fully saturated rings. The summed E-state index contributed by atoms with van der Waals surface area (Å²) in [7, 11) is 6.20. The first-order valence-corrected chi connectivity index (χ1v) is 5.99. The van der Waals surface area contributed by atoms with E-state index in [1.165, 1.54) is 0 Å². The summed E-state index contributed by atoms with van der Waals surface area (Å²) < 4.78 is 9.73. The van der Waals surface area contributed by atoms with E-state index in [9.17, 15) is 0 Å². The molecule has 0 aliphatic carbocycles. The molecule has 0 amide bonds. The molecule has 0 atom stereocenters. The summed E-state index contributed by atoms with van der Waals surface area (Å²) in [5.41, 5.74) is 3.15. The fourth-order valence-electron chi connectivity index (χ4n) is 2.11. The molecule has 0 aliphatic heterocycles. The van der Waals surface area contributed by atoms with Gasteiger partial charge in [0.1, 0.15) is 13.5 Å². The van der Waals surface area contributed by atoms with Gasteiger partial charge in [-0.2, -0.15) is 5.10 Å². The molecule has 17 heavy (non-hydrogen) atoms. The highest BCUT2D eigenvalue weighted by Crippen LogP contribution is 2.19. The zero-order valence-corrected chi connectivity index (χ0v) is 11.1. The van der Waals surface area contributed by atoms with Crippen LogP contribution in [0.1, 0.15) is 57.9 Å². The summed E-state index contributed by atoms with van der Waals surface area (Å²) in [6.07, 6.45) is 0.377. The Morgan fingerprint density at radius 1 is 1.29 bits per heavy atom. The summed E-state index contributed by atoms with van der Waals surface area (Å²) >= 11 is 0. The second-order valence-electron chi connectivity index (χ2n) is 5.08. The van der Waals surface area contributed by atoms with Crippen molar-refractivity contribution in [2.75, 3.05) is 0 Å². The molecule has 88 valence electrons. The zero-order valence-electron chi connectivity index (χ0n) is 12.1. The number of nitrogens with zero attached hydrogens (tertiary/aromatic N) is 3. The molecule has 0 bridgehead atoms. The van der Waals surface area contributed by atoms with Crippen LogP contribution in [0.3, 0.4) is 0 Å². The Bertz CT molecular complexity index is 602. The second kappa shape index (κ2) is 4.17. The van der Waals surface area contributed by atoms with Crippen LogP contribution in [0.15, 0.2) is 6.17 Å². The molecular formula is C13H18BN3. The van der Waals surface area contributed by atoms with Gasteiger partial charge in [0, 0.05) is 12.1 Å². The Labute approximate surface area is 105 Å². The standard InChI is InChI=1S/C13H18BN3/c1-7(2)10-9(5)6-17-13(11(10)14)15-12(16-17)8(3)4/h6-8H,1-5H3/i6D. The molecule has 0 aliphatic rings. The van der Waals surface area contributed by atoms with Gasteiger partial charge in [0.2, 0.25) is 0 Å². The summed E-state index contributed by atoms with van der Waals surface area (Å²) in [5, 5.41) is 4.37. The van der Waals surface area contributed by atoms with Gasteiger partial charge in [-0.1, -0.05) is 27.7 Å². The molecular weight excluding hydrogens is 209 g/mol. The van der Waals surface area contributed by atoms with Crippen LogP contribution in [0, 0.1) is 6.92 Å². The first-order valence-electron chi connectivity index (χ1n) is 6.49. The predicted molar refractivity (Wildman–Crippen MR) is 71.3 cm³/mol. The smallest absolute Gasteiger partial charge is 0.154 e. The minimum absolute atomic E-state index is 0.228. The number of rotatable bonds is 2. The van der Waals surface area contributed by atoms with E-state index in [0.29, 0.717) is 17.3 Å². The van der Waals surface area contributed by atoms with Crippen LogP contribution in [0.25, 0.3) is 5.65 Å². The lowest BCUT2D eigenvalue weighted by atomic mass is 9.84. The monoisotopic (exact) mass is 228 g/mol. The second-order valence-corrected chi connectivity index (χ2v) is 5.08. The Morgan fingerprint density at radius 3 is 2.47 bits per heavy atom. The molecule has 2 radical (unpaired) electrons. The van der Waals surface area contributed by atoms with Crippen LogP contribution in [0.2, 0.25) is 0 Å². The molecule has 3 nitrogen and oxygen atoms in total. The number of pyridine rings is 1. The van der Waals surface area contributed by atoms with Crippen molar-refractivity contribution in [3.8, 4) is 0 Å². The molecule has 4 heteroatoms. The van der Waals surface area contributed by atoms with Gasteiger partial charge >= 0.3 is 0 Å².